The number of anilines is 1. The Hall–Kier alpha value is -1.51. The summed E-state index contributed by atoms with van der Waals surface area (Å²) in [4.78, 5) is 0.241. The lowest BCUT2D eigenvalue weighted by Gasteiger charge is -2.07. The van der Waals surface area contributed by atoms with E-state index >= 15 is 0 Å². The van der Waals surface area contributed by atoms with Gasteiger partial charge in [0.25, 0.3) is 10.0 Å². The van der Waals surface area contributed by atoms with Gasteiger partial charge in [-0.25, -0.2) is 8.42 Å². The van der Waals surface area contributed by atoms with E-state index in [0.29, 0.717) is 12.6 Å². The number of hydrogen-bond acceptors (Lipinski definition) is 6. The summed E-state index contributed by atoms with van der Waals surface area (Å²) in [6, 6.07) is 7.53. The first-order valence-electron chi connectivity index (χ1n) is 6.68. The lowest BCUT2D eigenvalue weighted by Crippen LogP contribution is -2.16. The SMILES string of the molecule is Cc1nnc(NS(=O)(=O)c2cccc(CNC3CC3)c2)s1. The van der Waals surface area contributed by atoms with Gasteiger partial charge >= 0.3 is 0 Å². The summed E-state index contributed by atoms with van der Waals surface area (Å²) >= 11 is 1.21. The normalized spacial score (nSPS) is 15.1. The van der Waals surface area contributed by atoms with Crippen molar-refractivity contribution in [3.63, 3.8) is 0 Å². The zero-order chi connectivity index (χ0) is 14.9. The highest BCUT2D eigenvalue weighted by molar-refractivity contribution is 7.93. The van der Waals surface area contributed by atoms with Gasteiger partial charge in [0.2, 0.25) is 5.13 Å². The van der Waals surface area contributed by atoms with Crippen molar-refractivity contribution in [2.24, 2.45) is 0 Å². The molecule has 2 aromatic rings. The fourth-order valence-electron chi connectivity index (χ4n) is 1.88. The Labute approximate surface area is 127 Å². The average molecular weight is 324 g/mol. The number of rotatable bonds is 6. The van der Waals surface area contributed by atoms with Gasteiger partial charge in [-0.2, -0.15) is 0 Å². The summed E-state index contributed by atoms with van der Waals surface area (Å²) in [5, 5.41) is 12.0. The molecule has 1 fully saturated rings. The molecule has 1 aliphatic carbocycles. The second-order valence-electron chi connectivity index (χ2n) is 5.03. The van der Waals surface area contributed by atoms with Crippen LogP contribution in [0, 0.1) is 6.92 Å². The smallest absolute Gasteiger partial charge is 0.263 e. The van der Waals surface area contributed by atoms with Crippen molar-refractivity contribution in [1.29, 1.82) is 0 Å². The third kappa shape index (κ3) is 3.78. The van der Waals surface area contributed by atoms with Crippen LogP contribution in [0.3, 0.4) is 0 Å². The van der Waals surface area contributed by atoms with E-state index in [-0.39, 0.29) is 10.0 Å². The molecule has 0 aliphatic heterocycles. The molecule has 0 spiro atoms. The zero-order valence-electron chi connectivity index (χ0n) is 11.5. The second kappa shape index (κ2) is 5.70. The highest BCUT2D eigenvalue weighted by Gasteiger charge is 2.21. The minimum absolute atomic E-state index is 0.241. The molecule has 6 nitrogen and oxygen atoms in total. The predicted octanol–water partition coefficient (Wildman–Crippen LogP) is 1.90. The van der Waals surface area contributed by atoms with E-state index < -0.39 is 10.0 Å². The summed E-state index contributed by atoms with van der Waals surface area (Å²) in [5.74, 6) is 0. The maximum atomic E-state index is 12.3. The number of hydrogen-bond donors (Lipinski definition) is 2. The fraction of sp³-hybridized carbons (Fsp3) is 0.385. The van der Waals surface area contributed by atoms with E-state index in [1.165, 1.54) is 24.2 Å². The standard InChI is InChI=1S/C13H16N4O2S2/c1-9-15-16-13(20-9)17-21(18,19)12-4-2-3-10(7-12)8-14-11-5-6-11/h2-4,7,11,14H,5-6,8H2,1H3,(H,16,17). The topological polar surface area (TPSA) is 84.0 Å². The monoisotopic (exact) mass is 324 g/mol. The van der Waals surface area contributed by atoms with Gasteiger partial charge in [-0.15, -0.1) is 10.2 Å². The lowest BCUT2D eigenvalue weighted by atomic mass is 10.2. The van der Waals surface area contributed by atoms with Gasteiger partial charge in [-0.05, 0) is 37.5 Å². The molecule has 8 heteroatoms. The van der Waals surface area contributed by atoms with Crippen LogP contribution < -0.4 is 10.0 Å². The van der Waals surface area contributed by atoms with Crippen LogP contribution in [0.25, 0.3) is 0 Å². The Balaban J connectivity index is 1.75. The van der Waals surface area contributed by atoms with Crippen molar-refractivity contribution in [2.75, 3.05) is 4.72 Å². The van der Waals surface area contributed by atoms with Gasteiger partial charge < -0.3 is 5.32 Å². The number of nitrogens with zero attached hydrogens (tertiary/aromatic N) is 2. The second-order valence-corrected chi connectivity index (χ2v) is 7.90. The first-order chi connectivity index (χ1) is 10.0. The Bertz CT molecular complexity index is 738. The van der Waals surface area contributed by atoms with Crippen molar-refractivity contribution < 1.29 is 8.42 Å². The lowest BCUT2D eigenvalue weighted by molar-refractivity contribution is 0.600. The van der Waals surface area contributed by atoms with E-state index in [2.05, 4.69) is 20.2 Å². The zero-order valence-corrected chi connectivity index (χ0v) is 13.2. The molecule has 0 amide bonds. The molecule has 21 heavy (non-hydrogen) atoms. The van der Waals surface area contributed by atoms with E-state index in [1.54, 1.807) is 25.1 Å². The summed E-state index contributed by atoms with van der Waals surface area (Å²) in [7, 11) is -3.62. The number of nitrogens with one attached hydrogen (secondary N) is 2. The Morgan fingerprint density at radius 3 is 2.81 bits per heavy atom. The van der Waals surface area contributed by atoms with Gasteiger partial charge in [0, 0.05) is 12.6 Å². The predicted molar refractivity (Wildman–Crippen MR) is 81.8 cm³/mol. The quantitative estimate of drug-likeness (QED) is 0.848. The summed E-state index contributed by atoms with van der Waals surface area (Å²) < 4.78 is 27.1. The molecule has 3 rings (SSSR count). The number of sulfonamides is 1. The molecule has 0 unspecified atom stereocenters. The van der Waals surface area contributed by atoms with E-state index in [4.69, 9.17) is 0 Å². The van der Waals surface area contributed by atoms with Crippen LogP contribution in [0.4, 0.5) is 5.13 Å². The molecule has 0 atom stereocenters. The van der Waals surface area contributed by atoms with Crippen LogP contribution >= 0.6 is 11.3 Å². The number of aryl methyl sites for hydroxylation is 1. The summed E-state index contributed by atoms with van der Waals surface area (Å²) in [5.41, 5.74) is 0.957. The van der Waals surface area contributed by atoms with Crippen molar-refractivity contribution in [2.45, 2.75) is 37.2 Å². The molecule has 1 saturated carbocycles. The molecule has 1 aliphatic rings. The van der Waals surface area contributed by atoms with Gasteiger partial charge in [0.05, 0.1) is 4.90 Å². The molecule has 1 heterocycles. The van der Waals surface area contributed by atoms with Crippen molar-refractivity contribution in [1.82, 2.24) is 15.5 Å². The Morgan fingerprint density at radius 1 is 1.33 bits per heavy atom. The van der Waals surface area contributed by atoms with Gasteiger partial charge in [0.15, 0.2) is 0 Å². The van der Waals surface area contributed by atoms with Gasteiger partial charge in [-0.1, -0.05) is 23.5 Å². The molecule has 1 aromatic heterocycles. The summed E-state index contributed by atoms with van der Waals surface area (Å²) in [6.07, 6.45) is 2.41. The molecule has 2 N–H and O–H groups in total. The van der Waals surface area contributed by atoms with Gasteiger partial charge in [-0.3, -0.25) is 4.72 Å². The maximum Gasteiger partial charge on any atom is 0.263 e. The molecule has 0 bridgehead atoms. The van der Waals surface area contributed by atoms with Crippen molar-refractivity contribution in [3.05, 3.63) is 34.8 Å². The summed E-state index contributed by atoms with van der Waals surface area (Å²) in [6.45, 7) is 2.46. The first kappa shape index (κ1) is 14.4. The van der Waals surface area contributed by atoms with Crippen LogP contribution in [0.1, 0.15) is 23.4 Å². The number of benzene rings is 1. The highest BCUT2D eigenvalue weighted by Crippen LogP contribution is 2.21. The average Bonchev–Trinajstić information content (AvgIpc) is 3.20. The number of aromatic nitrogens is 2. The Morgan fingerprint density at radius 2 is 2.14 bits per heavy atom. The molecule has 0 radical (unpaired) electrons. The highest BCUT2D eigenvalue weighted by atomic mass is 32.2. The van der Waals surface area contributed by atoms with Crippen LogP contribution in [-0.4, -0.2) is 24.7 Å². The van der Waals surface area contributed by atoms with E-state index in [9.17, 15) is 8.42 Å². The minimum atomic E-state index is -3.62. The van der Waals surface area contributed by atoms with Crippen molar-refractivity contribution >= 4 is 26.5 Å². The third-order valence-electron chi connectivity index (χ3n) is 3.13. The van der Waals surface area contributed by atoms with Crippen LogP contribution in [-0.2, 0) is 16.6 Å². The largest absolute Gasteiger partial charge is 0.310 e. The van der Waals surface area contributed by atoms with E-state index in [1.807, 2.05) is 6.07 Å². The van der Waals surface area contributed by atoms with Crippen LogP contribution in [0.5, 0.6) is 0 Å². The maximum absolute atomic E-state index is 12.3. The minimum Gasteiger partial charge on any atom is -0.310 e. The van der Waals surface area contributed by atoms with E-state index in [0.717, 1.165) is 10.6 Å². The van der Waals surface area contributed by atoms with Crippen LogP contribution in [0.15, 0.2) is 29.2 Å². The first-order valence-corrected chi connectivity index (χ1v) is 8.98. The Kier molecular flexibility index (Phi) is 3.92. The molecular formula is C13H16N4O2S2. The third-order valence-corrected chi connectivity index (χ3v) is 5.35. The fourth-order valence-corrected chi connectivity index (χ4v) is 3.78. The van der Waals surface area contributed by atoms with Crippen LogP contribution in [0.2, 0.25) is 0 Å². The van der Waals surface area contributed by atoms with Gasteiger partial charge in [0.1, 0.15) is 5.01 Å². The molecular weight excluding hydrogens is 308 g/mol. The molecule has 112 valence electrons. The molecule has 0 saturated heterocycles. The molecule has 1 aromatic carbocycles. The van der Waals surface area contributed by atoms with Crippen molar-refractivity contribution in [3.8, 4) is 0 Å².